The summed E-state index contributed by atoms with van der Waals surface area (Å²) in [5.74, 6) is 1.48. The SMILES string of the molecule is COc1ccc(-c2cc(=O)n(C/C=C/c3ccc(Cl)cc3Cl)nc2-c2ccc(OC)cc2)cc1. The van der Waals surface area contributed by atoms with Crippen LogP contribution in [0.1, 0.15) is 5.56 Å². The van der Waals surface area contributed by atoms with Crippen LogP contribution in [0, 0.1) is 0 Å². The molecule has 0 aliphatic carbocycles. The molecular weight excluding hydrogens is 471 g/mol. The number of aromatic nitrogens is 2. The monoisotopic (exact) mass is 492 g/mol. The van der Waals surface area contributed by atoms with Crippen molar-refractivity contribution in [3.63, 3.8) is 0 Å². The van der Waals surface area contributed by atoms with Crippen molar-refractivity contribution in [2.45, 2.75) is 6.54 Å². The number of hydrogen-bond donors (Lipinski definition) is 0. The number of allylic oxidation sites excluding steroid dienone is 1. The van der Waals surface area contributed by atoms with Crippen LogP contribution in [0.4, 0.5) is 0 Å². The summed E-state index contributed by atoms with van der Waals surface area (Å²) in [6, 6.07) is 22.0. The van der Waals surface area contributed by atoms with Crippen LogP contribution in [0.15, 0.2) is 83.7 Å². The molecule has 4 aromatic rings. The highest BCUT2D eigenvalue weighted by Gasteiger charge is 2.13. The van der Waals surface area contributed by atoms with Gasteiger partial charge in [0.15, 0.2) is 0 Å². The Labute approximate surface area is 207 Å². The lowest BCUT2D eigenvalue weighted by Gasteiger charge is -2.13. The van der Waals surface area contributed by atoms with Crippen molar-refractivity contribution in [3.05, 3.63) is 105 Å². The third-order valence-electron chi connectivity index (χ3n) is 5.30. The van der Waals surface area contributed by atoms with Crippen molar-refractivity contribution in [2.75, 3.05) is 14.2 Å². The molecule has 0 aliphatic rings. The van der Waals surface area contributed by atoms with E-state index in [9.17, 15) is 4.79 Å². The van der Waals surface area contributed by atoms with Crippen molar-refractivity contribution in [2.24, 2.45) is 0 Å². The van der Waals surface area contributed by atoms with Crippen LogP contribution in [0.2, 0.25) is 10.0 Å². The van der Waals surface area contributed by atoms with Crippen LogP contribution in [-0.2, 0) is 6.54 Å². The Morgan fingerprint density at radius 2 is 1.47 bits per heavy atom. The predicted molar refractivity (Wildman–Crippen MR) is 138 cm³/mol. The van der Waals surface area contributed by atoms with Gasteiger partial charge in [-0.2, -0.15) is 5.10 Å². The Kier molecular flexibility index (Phi) is 7.36. The van der Waals surface area contributed by atoms with Gasteiger partial charge in [0, 0.05) is 27.2 Å². The average molecular weight is 493 g/mol. The van der Waals surface area contributed by atoms with Gasteiger partial charge in [0.25, 0.3) is 5.56 Å². The first-order valence-corrected chi connectivity index (χ1v) is 11.3. The lowest BCUT2D eigenvalue weighted by molar-refractivity contribution is 0.414. The molecule has 0 saturated heterocycles. The molecule has 0 bridgehead atoms. The average Bonchev–Trinajstić information content (AvgIpc) is 2.86. The minimum atomic E-state index is -0.213. The zero-order valence-corrected chi connectivity index (χ0v) is 20.2. The van der Waals surface area contributed by atoms with Gasteiger partial charge in [-0.3, -0.25) is 4.79 Å². The molecule has 0 atom stereocenters. The third-order valence-corrected chi connectivity index (χ3v) is 5.86. The summed E-state index contributed by atoms with van der Waals surface area (Å²) in [6.07, 6.45) is 3.69. The first kappa shape index (κ1) is 23.6. The summed E-state index contributed by atoms with van der Waals surface area (Å²) in [4.78, 5) is 13.0. The Hall–Kier alpha value is -3.54. The molecule has 0 fully saturated rings. The molecule has 0 N–H and O–H groups in total. The smallest absolute Gasteiger partial charge is 0.267 e. The summed E-state index contributed by atoms with van der Waals surface area (Å²) in [5, 5.41) is 5.82. The number of benzene rings is 3. The van der Waals surface area contributed by atoms with E-state index in [2.05, 4.69) is 0 Å². The van der Waals surface area contributed by atoms with Crippen LogP contribution in [0.25, 0.3) is 28.5 Å². The van der Waals surface area contributed by atoms with Crippen molar-refractivity contribution < 1.29 is 9.47 Å². The van der Waals surface area contributed by atoms with Gasteiger partial charge in [-0.25, -0.2) is 4.68 Å². The largest absolute Gasteiger partial charge is 0.497 e. The molecule has 0 spiro atoms. The van der Waals surface area contributed by atoms with E-state index in [1.165, 1.54) is 4.68 Å². The molecule has 0 aliphatic heterocycles. The zero-order valence-electron chi connectivity index (χ0n) is 18.7. The van der Waals surface area contributed by atoms with E-state index in [4.69, 9.17) is 37.8 Å². The fourth-order valence-electron chi connectivity index (χ4n) is 3.49. The molecule has 4 rings (SSSR count). The van der Waals surface area contributed by atoms with Crippen molar-refractivity contribution >= 4 is 29.3 Å². The second-order valence-corrected chi connectivity index (χ2v) is 8.30. The fraction of sp³-hybridized carbons (Fsp3) is 0.111. The lowest BCUT2D eigenvalue weighted by atomic mass is 10.00. The fourth-order valence-corrected chi connectivity index (χ4v) is 3.96. The molecule has 7 heteroatoms. The van der Waals surface area contributed by atoms with Gasteiger partial charge in [0.2, 0.25) is 0 Å². The molecule has 1 aromatic heterocycles. The number of hydrogen-bond acceptors (Lipinski definition) is 4. The molecule has 1 heterocycles. The van der Waals surface area contributed by atoms with E-state index < -0.39 is 0 Å². The number of methoxy groups -OCH3 is 2. The standard InChI is InChI=1S/C27H22Cl2N2O3/c1-33-22-11-6-18(7-12-22)24-17-26(32)31(15-3-4-19-5-10-21(28)16-25(19)29)30-27(24)20-8-13-23(34-2)14-9-20/h3-14,16-17H,15H2,1-2H3/b4-3+. The summed E-state index contributed by atoms with van der Waals surface area (Å²) in [5.41, 5.74) is 3.75. The molecular formula is C27H22Cl2N2O3. The van der Waals surface area contributed by atoms with E-state index in [0.29, 0.717) is 15.7 Å². The summed E-state index contributed by atoms with van der Waals surface area (Å²) < 4.78 is 12.0. The predicted octanol–water partition coefficient (Wildman–Crippen LogP) is 6.61. The van der Waals surface area contributed by atoms with Gasteiger partial charge in [0.05, 0.1) is 26.5 Å². The van der Waals surface area contributed by atoms with Crippen molar-refractivity contribution in [3.8, 4) is 33.9 Å². The van der Waals surface area contributed by atoms with Crippen LogP contribution in [-0.4, -0.2) is 24.0 Å². The maximum Gasteiger partial charge on any atom is 0.267 e. The quantitative estimate of drug-likeness (QED) is 0.291. The molecule has 0 amide bonds. The molecule has 0 radical (unpaired) electrons. The van der Waals surface area contributed by atoms with E-state index in [0.717, 1.165) is 33.8 Å². The Morgan fingerprint density at radius 1 is 0.853 bits per heavy atom. The highest BCUT2D eigenvalue weighted by molar-refractivity contribution is 6.35. The maximum absolute atomic E-state index is 13.0. The zero-order chi connectivity index (χ0) is 24.1. The van der Waals surface area contributed by atoms with Gasteiger partial charge >= 0.3 is 0 Å². The second-order valence-electron chi connectivity index (χ2n) is 7.45. The summed E-state index contributed by atoms with van der Waals surface area (Å²) in [6.45, 7) is 0.282. The third kappa shape index (κ3) is 5.33. The highest BCUT2D eigenvalue weighted by atomic mass is 35.5. The molecule has 3 aromatic carbocycles. The van der Waals surface area contributed by atoms with Gasteiger partial charge in [-0.15, -0.1) is 0 Å². The van der Waals surface area contributed by atoms with E-state index in [1.807, 2.05) is 66.7 Å². The molecule has 172 valence electrons. The Bertz CT molecular complexity index is 1380. The van der Waals surface area contributed by atoms with E-state index in [1.54, 1.807) is 32.4 Å². The number of ether oxygens (including phenoxy) is 2. The van der Waals surface area contributed by atoms with Gasteiger partial charge in [0.1, 0.15) is 11.5 Å². The normalized spacial score (nSPS) is 11.1. The van der Waals surface area contributed by atoms with Crippen LogP contribution in [0.3, 0.4) is 0 Å². The van der Waals surface area contributed by atoms with Gasteiger partial charge in [-0.1, -0.05) is 53.6 Å². The minimum absolute atomic E-state index is 0.213. The van der Waals surface area contributed by atoms with Gasteiger partial charge in [-0.05, 0) is 59.7 Å². The second kappa shape index (κ2) is 10.6. The van der Waals surface area contributed by atoms with Crippen LogP contribution < -0.4 is 15.0 Å². The number of nitrogens with zero attached hydrogens (tertiary/aromatic N) is 2. The number of rotatable bonds is 7. The Balaban J connectivity index is 1.74. The first-order chi connectivity index (χ1) is 16.5. The topological polar surface area (TPSA) is 53.4 Å². The minimum Gasteiger partial charge on any atom is -0.497 e. The molecule has 34 heavy (non-hydrogen) atoms. The van der Waals surface area contributed by atoms with Crippen molar-refractivity contribution in [1.82, 2.24) is 9.78 Å². The van der Waals surface area contributed by atoms with Crippen molar-refractivity contribution in [1.29, 1.82) is 0 Å². The highest BCUT2D eigenvalue weighted by Crippen LogP contribution is 2.31. The summed E-state index contributed by atoms with van der Waals surface area (Å²) in [7, 11) is 3.24. The molecule has 0 unspecified atom stereocenters. The molecule has 5 nitrogen and oxygen atoms in total. The summed E-state index contributed by atoms with van der Waals surface area (Å²) >= 11 is 12.2. The molecule has 0 saturated carbocycles. The Morgan fingerprint density at radius 3 is 2.06 bits per heavy atom. The maximum atomic E-state index is 13.0. The van der Waals surface area contributed by atoms with E-state index in [-0.39, 0.29) is 12.1 Å². The first-order valence-electron chi connectivity index (χ1n) is 10.5. The number of halogens is 2. The van der Waals surface area contributed by atoms with E-state index >= 15 is 0 Å². The van der Waals surface area contributed by atoms with Gasteiger partial charge < -0.3 is 9.47 Å². The van der Waals surface area contributed by atoms with Crippen LogP contribution >= 0.6 is 23.2 Å². The lowest BCUT2D eigenvalue weighted by Crippen LogP contribution is -2.22. The van der Waals surface area contributed by atoms with Crippen LogP contribution in [0.5, 0.6) is 11.5 Å².